The third-order valence-corrected chi connectivity index (χ3v) is 5.27. The van der Waals surface area contributed by atoms with Crippen LogP contribution in [-0.4, -0.2) is 36.1 Å². The summed E-state index contributed by atoms with van der Waals surface area (Å²) in [5.74, 6) is -0.422. The van der Waals surface area contributed by atoms with E-state index < -0.39 is 18.1 Å². The number of halogens is 1. The first-order valence-corrected chi connectivity index (χ1v) is 11.2. The lowest BCUT2D eigenvalue weighted by Gasteiger charge is -2.21. The fourth-order valence-electron chi connectivity index (χ4n) is 2.82. The molecule has 0 aromatic rings. The molecule has 0 aliphatic rings. The first kappa shape index (κ1) is 25.2. The maximum absolute atomic E-state index is 12.1. The zero-order valence-corrected chi connectivity index (χ0v) is 18.4. The molecule has 0 fully saturated rings. The van der Waals surface area contributed by atoms with Crippen molar-refractivity contribution in [2.45, 2.75) is 102 Å². The second kappa shape index (κ2) is 17.6. The number of alkyl carbamates (subject to hydrolysis) is 1. The van der Waals surface area contributed by atoms with E-state index in [1.54, 1.807) is 13.8 Å². The van der Waals surface area contributed by atoms with Gasteiger partial charge in [-0.3, -0.25) is 0 Å². The van der Waals surface area contributed by atoms with Gasteiger partial charge in [0.05, 0.1) is 13.2 Å². The summed E-state index contributed by atoms with van der Waals surface area (Å²) in [4.78, 5) is 23.6. The Hall–Kier alpha value is -0.780. The van der Waals surface area contributed by atoms with Gasteiger partial charge in [-0.25, -0.2) is 9.59 Å². The average molecular weight is 436 g/mol. The van der Waals surface area contributed by atoms with Gasteiger partial charge in [0.15, 0.2) is 0 Å². The molecule has 0 bridgehead atoms. The van der Waals surface area contributed by atoms with E-state index in [1.807, 2.05) is 0 Å². The van der Waals surface area contributed by atoms with Crippen LogP contribution in [0.25, 0.3) is 0 Å². The quantitative estimate of drug-likeness (QED) is 0.190. The molecule has 0 unspecified atom stereocenters. The second-order valence-electron chi connectivity index (χ2n) is 6.58. The summed E-state index contributed by atoms with van der Waals surface area (Å²) in [6.07, 6.45) is 12.9. The van der Waals surface area contributed by atoms with E-state index in [9.17, 15) is 9.59 Å². The molecule has 1 N–H and O–H groups in total. The van der Waals surface area contributed by atoms with Gasteiger partial charge in [0.1, 0.15) is 6.04 Å². The lowest BCUT2D eigenvalue weighted by molar-refractivity contribution is -0.145. The molecule has 0 heterocycles. The van der Waals surface area contributed by atoms with Crippen LogP contribution in [0.2, 0.25) is 0 Å². The maximum Gasteiger partial charge on any atom is 0.407 e. The minimum atomic E-state index is -0.715. The van der Waals surface area contributed by atoms with Gasteiger partial charge in [-0.15, -0.1) is 0 Å². The molecule has 26 heavy (non-hydrogen) atoms. The Labute approximate surface area is 168 Å². The third kappa shape index (κ3) is 13.4. The number of esters is 1. The first-order chi connectivity index (χ1) is 12.6. The molecule has 0 saturated carbocycles. The van der Waals surface area contributed by atoms with Crippen molar-refractivity contribution in [2.75, 3.05) is 13.2 Å². The Morgan fingerprint density at radius 3 is 1.81 bits per heavy atom. The smallest absolute Gasteiger partial charge is 0.407 e. The Morgan fingerprint density at radius 2 is 1.31 bits per heavy atom. The Kier molecular flexibility index (Phi) is 17.1. The number of unbranched alkanes of at least 4 members (excludes halogenated alkanes) is 9. The number of ether oxygens (including phenoxy) is 2. The molecule has 0 aromatic heterocycles. The Bertz CT molecular complexity index is 366. The highest BCUT2D eigenvalue weighted by Crippen LogP contribution is 2.18. The van der Waals surface area contributed by atoms with E-state index in [0.29, 0.717) is 0 Å². The SMILES string of the molecule is CCCCCCCCCCCC[C@H](Br)[C@H](NC(=O)OCC)C(=O)OCC. The van der Waals surface area contributed by atoms with Crippen LogP contribution < -0.4 is 5.32 Å². The number of hydrogen-bond donors (Lipinski definition) is 1. The van der Waals surface area contributed by atoms with Gasteiger partial charge in [-0.1, -0.05) is 87.1 Å². The Morgan fingerprint density at radius 1 is 0.808 bits per heavy atom. The molecule has 0 saturated heterocycles. The van der Waals surface area contributed by atoms with Crippen LogP contribution >= 0.6 is 15.9 Å². The van der Waals surface area contributed by atoms with Crippen molar-refractivity contribution >= 4 is 28.0 Å². The van der Waals surface area contributed by atoms with Gasteiger partial charge in [-0.2, -0.15) is 0 Å². The monoisotopic (exact) mass is 435 g/mol. The number of rotatable bonds is 16. The van der Waals surface area contributed by atoms with Crippen LogP contribution in [0.15, 0.2) is 0 Å². The molecule has 0 aromatic carbocycles. The number of nitrogens with one attached hydrogen (secondary N) is 1. The number of amides is 1. The van der Waals surface area contributed by atoms with Crippen LogP contribution in [-0.2, 0) is 14.3 Å². The van der Waals surface area contributed by atoms with Crippen LogP contribution in [0, 0.1) is 0 Å². The lowest BCUT2D eigenvalue weighted by atomic mass is 10.0. The average Bonchev–Trinajstić information content (AvgIpc) is 2.61. The summed E-state index contributed by atoms with van der Waals surface area (Å²) < 4.78 is 9.94. The topological polar surface area (TPSA) is 64.6 Å². The highest BCUT2D eigenvalue weighted by molar-refractivity contribution is 9.09. The zero-order valence-electron chi connectivity index (χ0n) is 16.9. The molecule has 0 radical (unpaired) electrons. The summed E-state index contributed by atoms with van der Waals surface area (Å²) in [5.41, 5.74) is 0. The summed E-state index contributed by atoms with van der Waals surface area (Å²) >= 11 is 3.54. The number of hydrogen-bond acceptors (Lipinski definition) is 4. The Balaban J connectivity index is 3.99. The molecular formula is C20H38BrNO4. The lowest BCUT2D eigenvalue weighted by Crippen LogP contribution is -2.47. The molecule has 0 rings (SSSR count). The number of alkyl halides is 1. The molecule has 0 aliphatic heterocycles. The number of carbonyl (C=O) groups excluding carboxylic acids is 2. The van der Waals surface area contributed by atoms with Crippen molar-refractivity contribution < 1.29 is 19.1 Å². The van der Waals surface area contributed by atoms with Crippen molar-refractivity contribution in [1.29, 1.82) is 0 Å². The standard InChI is InChI=1S/C20H38BrNO4/c1-4-7-8-9-10-11-12-13-14-15-16-17(21)18(19(23)25-5-2)22-20(24)26-6-3/h17-18H,4-16H2,1-3H3,(H,22,24)/t17-,18-/m0/s1. The predicted molar refractivity (Wildman–Crippen MR) is 110 cm³/mol. The van der Waals surface area contributed by atoms with Gasteiger partial charge in [0, 0.05) is 4.83 Å². The molecule has 0 aliphatic carbocycles. The number of carbonyl (C=O) groups is 2. The molecule has 1 amide bonds. The highest BCUT2D eigenvalue weighted by Gasteiger charge is 2.29. The van der Waals surface area contributed by atoms with Crippen molar-refractivity contribution in [3.05, 3.63) is 0 Å². The van der Waals surface area contributed by atoms with Crippen molar-refractivity contribution in [1.82, 2.24) is 5.32 Å². The van der Waals surface area contributed by atoms with E-state index in [2.05, 4.69) is 28.2 Å². The fourth-order valence-corrected chi connectivity index (χ4v) is 3.49. The van der Waals surface area contributed by atoms with Crippen LogP contribution in [0.1, 0.15) is 91.4 Å². The maximum atomic E-state index is 12.1. The van der Waals surface area contributed by atoms with Crippen molar-refractivity contribution in [3.8, 4) is 0 Å². The largest absolute Gasteiger partial charge is 0.464 e. The van der Waals surface area contributed by atoms with Gasteiger partial charge >= 0.3 is 12.1 Å². The van der Waals surface area contributed by atoms with Gasteiger partial charge in [-0.05, 0) is 20.3 Å². The van der Waals surface area contributed by atoms with E-state index in [0.717, 1.165) is 19.3 Å². The van der Waals surface area contributed by atoms with Crippen molar-refractivity contribution in [3.63, 3.8) is 0 Å². The van der Waals surface area contributed by atoms with E-state index >= 15 is 0 Å². The summed E-state index contributed by atoms with van der Waals surface area (Å²) in [6.45, 7) is 6.29. The van der Waals surface area contributed by atoms with Gasteiger partial charge in [0.2, 0.25) is 0 Å². The van der Waals surface area contributed by atoms with Crippen LogP contribution in [0.3, 0.4) is 0 Å². The van der Waals surface area contributed by atoms with E-state index in [4.69, 9.17) is 9.47 Å². The molecule has 5 nitrogen and oxygen atoms in total. The van der Waals surface area contributed by atoms with Crippen LogP contribution in [0.5, 0.6) is 0 Å². The molecule has 0 spiro atoms. The molecule has 2 atom stereocenters. The highest BCUT2D eigenvalue weighted by atomic mass is 79.9. The summed E-state index contributed by atoms with van der Waals surface area (Å²) in [7, 11) is 0. The van der Waals surface area contributed by atoms with Crippen LogP contribution in [0.4, 0.5) is 4.79 Å². The van der Waals surface area contributed by atoms with Gasteiger partial charge in [0.25, 0.3) is 0 Å². The predicted octanol–water partition coefficient (Wildman–Crippen LogP) is 5.74. The third-order valence-electron chi connectivity index (χ3n) is 4.28. The summed E-state index contributed by atoms with van der Waals surface area (Å²) in [5, 5.41) is 2.61. The minimum absolute atomic E-state index is 0.153. The first-order valence-electron chi connectivity index (χ1n) is 10.3. The molecule has 154 valence electrons. The van der Waals surface area contributed by atoms with Crippen molar-refractivity contribution in [2.24, 2.45) is 0 Å². The summed E-state index contributed by atoms with van der Waals surface area (Å²) in [6, 6.07) is -0.715. The fraction of sp³-hybridized carbons (Fsp3) is 0.900. The molecular weight excluding hydrogens is 398 g/mol. The van der Waals surface area contributed by atoms with E-state index in [1.165, 1.54) is 51.4 Å². The van der Waals surface area contributed by atoms with Gasteiger partial charge < -0.3 is 14.8 Å². The molecule has 6 heteroatoms. The zero-order chi connectivity index (χ0) is 19.6. The second-order valence-corrected chi connectivity index (χ2v) is 7.76. The normalized spacial score (nSPS) is 13.1. The minimum Gasteiger partial charge on any atom is -0.464 e. The van der Waals surface area contributed by atoms with E-state index in [-0.39, 0.29) is 18.0 Å².